The van der Waals surface area contributed by atoms with Crippen LogP contribution in [0.3, 0.4) is 0 Å². The monoisotopic (exact) mass is 853 g/mol. The van der Waals surface area contributed by atoms with Gasteiger partial charge in [-0.05, 0) is 88.7 Å². The largest absolute Gasteiger partial charge is 0.495 e. The van der Waals surface area contributed by atoms with E-state index >= 15 is 0 Å². The van der Waals surface area contributed by atoms with Crippen molar-refractivity contribution in [1.82, 2.24) is 40.7 Å². The lowest BCUT2D eigenvalue weighted by atomic mass is 10.0. The van der Waals surface area contributed by atoms with E-state index in [0.29, 0.717) is 45.3 Å². The summed E-state index contributed by atoms with van der Waals surface area (Å²) in [5.41, 5.74) is 3.25. The van der Waals surface area contributed by atoms with Gasteiger partial charge in [0.1, 0.15) is 5.75 Å². The molecule has 2 saturated heterocycles. The lowest BCUT2D eigenvalue weighted by Crippen LogP contribution is -2.47. The Labute approximate surface area is 358 Å². The molecule has 2 heterocycles. The van der Waals surface area contributed by atoms with Gasteiger partial charge in [-0.3, -0.25) is 24.2 Å². The van der Waals surface area contributed by atoms with Crippen LogP contribution < -0.4 is 25.8 Å². The second kappa shape index (κ2) is 24.5. The summed E-state index contributed by atoms with van der Waals surface area (Å²) in [5.74, 6) is 0.252. The van der Waals surface area contributed by atoms with E-state index in [1.54, 1.807) is 19.1 Å². The predicted molar refractivity (Wildman–Crippen MR) is 226 cm³/mol. The van der Waals surface area contributed by atoms with Crippen LogP contribution in [0.25, 0.3) is 0 Å². The Bertz CT molecular complexity index is 1750. The van der Waals surface area contributed by atoms with Crippen molar-refractivity contribution in [3.05, 3.63) is 59.7 Å². The third-order valence-electron chi connectivity index (χ3n) is 11.1. The Morgan fingerprint density at radius 2 is 1.46 bits per heavy atom. The van der Waals surface area contributed by atoms with Crippen molar-refractivity contribution in [3.63, 3.8) is 0 Å². The summed E-state index contributed by atoms with van der Waals surface area (Å²) < 4.78 is 46.2. The number of para-hydroxylation sites is 2. The molecule has 2 aromatic carbocycles. The van der Waals surface area contributed by atoms with Gasteiger partial charge in [0.2, 0.25) is 17.5 Å². The van der Waals surface area contributed by atoms with E-state index in [1.807, 2.05) is 30.1 Å². The fourth-order valence-electron chi connectivity index (χ4n) is 7.35. The molecule has 2 fully saturated rings. The van der Waals surface area contributed by atoms with Crippen LogP contribution in [0.5, 0.6) is 5.75 Å². The highest BCUT2D eigenvalue weighted by atomic mass is 19.4. The quantitative estimate of drug-likeness (QED) is 0.0929. The number of ether oxygens (including phenoxy) is 1. The molecular formula is C43H62F3N11O4. The number of carbonyl (C=O) groups is 3. The van der Waals surface area contributed by atoms with Gasteiger partial charge in [-0.15, -0.1) is 0 Å². The zero-order valence-electron chi connectivity index (χ0n) is 35.8. The number of nitrogens with one attached hydrogen (secondary N) is 3. The van der Waals surface area contributed by atoms with Gasteiger partial charge in [0, 0.05) is 90.8 Å². The Hall–Kier alpha value is -4.98. The summed E-state index contributed by atoms with van der Waals surface area (Å²) in [6, 6.07) is 17.6. The maximum absolute atomic E-state index is 13.7. The maximum Gasteiger partial charge on any atom is 0.426 e. The van der Waals surface area contributed by atoms with Crippen molar-refractivity contribution in [2.24, 2.45) is 0 Å². The number of hydrogen-bond donors (Lipinski definition) is 3. The Kier molecular flexibility index (Phi) is 19.5. The first-order valence-corrected chi connectivity index (χ1v) is 21.1. The van der Waals surface area contributed by atoms with E-state index in [0.717, 1.165) is 83.1 Å². The number of likely N-dealkylation sites (N-methyl/N-ethyl adjacent to an activating group) is 2. The third-order valence-corrected chi connectivity index (χ3v) is 11.1. The number of hydrogen-bond acceptors (Lipinski definition) is 12. The molecule has 2 aliphatic rings. The summed E-state index contributed by atoms with van der Waals surface area (Å²) in [7, 11) is 5.08. The number of halogens is 3. The lowest BCUT2D eigenvalue weighted by Gasteiger charge is -2.36. The molecule has 3 N–H and O–H groups in total. The van der Waals surface area contributed by atoms with E-state index in [9.17, 15) is 27.6 Å². The highest BCUT2D eigenvalue weighted by Gasteiger charge is 2.65. The van der Waals surface area contributed by atoms with Crippen LogP contribution in [0, 0.1) is 22.7 Å². The van der Waals surface area contributed by atoms with Gasteiger partial charge < -0.3 is 29.7 Å². The Balaban J connectivity index is 1.27. The minimum absolute atomic E-state index is 0.0507. The highest BCUT2D eigenvalue weighted by Crippen LogP contribution is 2.42. The zero-order chi connectivity index (χ0) is 44.3. The van der Waals surface area contributed by atoms with Gasteiger partial charge >= 0.3 is 6.18 Å². The number of amides is 3. The molecule has 0 atom stereocenters. The topological polar surface area (TPSA) is 183 Å². The summed E-state index contributed by atoms with van der Waals surface area (Å²) in [6.45, 7) is 8.22. The molecule has 0 bridgehead atoms. The predicted octanol–water partition coefficient (Wildman–Crippen LogP) is 3.37. The molecule has 0 aliphatic carbocycles. The number of rotatable bonds is 26. The number of alkyl halides is 3. The van der Waals surface area contributed by atoms with Crippen molar-refractivity contribution in [3.8, 4) is 17.9 Å². The van der Waals surface area contributed by atoms with E-state index in [1.165, 1.54) is 29.2 Å². The fraction of sp³-hybridized carbons (Fsp3) is 0.605. The normalized spacial score (nSPS) is 15.0. The molecule has 0 spiro atoms. The molecule has 4 rings (SSSR count). The number of anilines is 1. The molecule has 0 saturated carbocycles. The first-order valence-electron chi connectivity index (χ1n) is 21.1. The van der Waals surface area contributed by atoms with Gasteiger partial charge in [-0.25, -0.2) is 10.9 Å². The minimum atomic E-state index is -4.56. The summed E-state index contributed by atoms with van der Waals surface area (Å²) >= 11 is 0. The van der Waals surface area contributed by atoms with E-state index in [2.05, 4.69) is 49.1 Å². The first-order chi connectivity index (χ1) is 29.3. The van der Waals surface area contributed by atoms with Gasteiger partial charge in [-0.2, -0.15) is 23.7 Å². The van der Waals surface area contributed by atoms with Crippen LogP contribution in [0.15, 0.2) is 48.5 Å². The average molecular weight is 854 g/mol. The van der Waals surface area contributed by atoms with E-state index in [4.69, 9.17) is 15.3 Å². The van der Waals surface area contributed by atoms with Gasteiger partial charge in [0.05, 0.1) is 31.5 Å². The molecule has 18 heteroatoms. The van der Waals surface area contributed by atoms with Crippen LogP contribution in [-0.4, -0.2) is 161 Å². The third kappa shape index (κ3) is 15.2. The van der Waals surface area contributed by atoms with E-state index < -0.39 is 11.8 Å². The van der Waals surface area contributed by atoms with Gasteiger partial charge in [0.25, 0.3) is 5.91 Å². The molecule has 0 radical (unpaired) electrons. The number of methoxy groups -OCH3 is 1. The van der Waals surface area contributed by atoms with Crippen molar-refractivity contribution in [2.75, 3.05) is 118 Å². The number of benzene rings is 2. The van der Waals surface area contributed by atoms with Crippen LogP contribution in [0.1, 0.15) is 60.9 Å². The SMILES string of the molecule is COc1ccccc1N1CCN(CCCC(=O)N(CCN(C)CC(=O)NCCCN(CCCC#N)CCCC#N)CCN(C)C(=O)c2ccc(C3(C(F)(F)F)NN3)cc2)CC1. The molecule has 0 aromatic heterocycles. The fourth-order valence-corrected chi connectivity index (χ4v) is 7.35. The molecule has 61 heavy (non-hydrogen) atoms. The van der Waals surface area contributed by atoms with Crippen LogP contribution >= 0.6 is 0 Å². The standard InChI is InChI=1S/C43H62F3N11O4/c1-52(34-39(58)49-21-11-25-54(22-8-6-19-47)23-9-7-20-48)26-30-57(31-27-53(2)41(60)35-15-17-36(18-16-35)42(50-51-42)43(44,45)46)40(59)14-10-24-55-28-32-56(33-29-55)37-12-4-5-13-38(37)61-3/h4-5,12-13,15-18,50-51H,6-11,14,21-34H2,1-3H3,(H,49,58). The summed E-state index contributed by atoms with van der Waals surface area (Å²) in [5, 5.41) is 20.7. The van der Waals surface area contributed by atoms with Gasteiger partial charge in [-0.1, -0.05) is 24.3 Å². The number of nitrogens with zero attached hydrogens (tertiary/aromatic N) is 8. The number of nitriles is 2. The van der Waals surface area contributed by atoms with Crippen molar-refractivity contribution >= 4 is 23.4 Å². The van der Waals surface area contributed by atoms with Crippen LogP contribution in [0.2, 0.25) is 0 Å². The molecule has 2 aliphatic heterocycles. The van der Waals surface area contributed by atoms with Crippen molar-refractivity contribution in [2.45, 2.75) is 56.8 Å². The number of hydrazine groups is 1. The Morgan fingerprint density at radius 3 is 2.07 bits per heavy atom. The van der Waals surface area contributed by atoms with Crippen molar-refractivity contribution < 1.29 is 32.3 Å². The molecule has 334 valence electrons. The summed E-state index contributed by atoms with van der Waals surface area (Å²) in [4.78, 5) is 51.8. The first kappa shape index (κ1) is 48.7. The molecule has 15 nitrogen and oxygen atoms in total. The minimum Gasteiger partial charge on any atom is -0.495 e. The van der Waals surface area contributed by atoms with Crippen LogP contribution in [-0.2, 0) is 15.3 Å². The Morgan fingerprint density at radius 1 is 0.836 bits per heavy atom. The highest BCUT2D eigenvalue weighted by molar-refractivity contribution is 5.94. The molecule has 2 aromatic rings. The van der Waals surface area contributed by atoms with Crippen LogP contribution in [0.4, 0.5) is 18.9 Å². The zero-order valence-corrected chi connectivity index (χ0v) is 35.8. The average Bonchev–Trinajstić information content (AvgIpc) is 4.08. The second-order valence-corrected chi connectivity index (χ2v) is 15.6. The number of unbranched alkanes of at least 4 members (excludes halogenated alkanes) is 2. The van der Waals surface area contributed by atoms with E-state index in [-0.39, 0.29) is 48.5 Å². The maximum atomic E-state index is 13.7. The second-order valence-electron chi connectivity index (χ2n) is 15.6. The lowest BCUT2D eigenvalue weighted by molar-refractivity contribution is -0.165. The number of piperazine rings is 1. The summed E-state index contributed by atoms with van der Waals surface area (Å²) in [6.07, 6.45) is -0.403. The van der Waals surface area contributed by atoms with Crippen molar-refractivity contribution in [1.29, 1.82) is 10.5 Å². The molecular weight excluding hydrogens is 792 g/mol. The van der Waals surface area contributed by atoms with Gasteiger partial charge in [0.15, 0.2) is 0 Å². The molecule has 0 unspecified atom stereocenters. The molecule has 3 amide bonds. The number of carbonyl (C=O) groups excluding carboxylic acids is 3. The smallest absolute Gasteiger partial charge is 0.426 e.